The highest BCUT2D eigenvalue weighted by Crippen LogP contribution is 2.10. The Morgan fingerprint density at radius 2 is 2.00 bits per heavy atom. The van der Waals surface area contributed by atoms with Crippen LogP contribution in [0.3, 0.4) is 0 Å². The van der Waals surface area contributed by atoms with Gasteiger partial charge in [-0.1, -0.05) is 19.8 Å². The van der Waals surface area contributed by atoms with Crippen LogP contribution in [-0.2, 0) is 4.74 Å². The molecule has 0 bridgehead atoms. The normalized spacial score (nSPS) is 17.1. The van der Waals surface area contributed by atoms with Gasteiger partial charge in [0.2, 0.25) is 0 Å². The summed E-state index contributed by atoms with van der Waals surface area (Å²) in [5, 5.41) is 18.0. The van der Waals surface area contributed by atoms with E-state index in [1.54, 1.807) is 13.8 Å². The van der Waals surface area contributed by atoms with Crippen LogP contribution in [0.25, 0.3) is 0 Å². The number of nitriles is 1. The molecule has 0 heterocycles. The number of nitrogens with zero attached hydrogens (tertiary/aromatic N) is 1. The fourth-order valence-corrected chi connectivity index (χ4v) is 1.12. The second-order valence-corrected chi connectivity index (χ2v) is 3.70. The number of hydrogen-bond donors (Lipinski definition) is 1. The Morgan fingerprint density at radius 1 is 1.36 bits per heavy atom. The highest BCUT2D eigenvalue weighted by Gasteiger charge is 2.15. The van der Waals surface area contributed by atoms with Crippen LogP contribution in [0.5, 0.6) is 0 Å². The first-order valence-corrected chi connectivity index (χ1v) is 5.35. The van der Waals surface area contributed by atoms with Crippen LogP contribution in [0.2, 0.25) is 0 Å². The van der Waals surface area contributed by atoms with Crippen molar-refractivity contribution in [1.29, 1.82) is 5.26 Å². The van der Waals surface area contributed by atoms with Gasteiger partial charge >= 0.3 is 0 Å². The lowest BCUT2D eigenvalue weighted by Gasteiger charge is -2.19. The zero-order chi connectivity index (χ0) is 11.0. The minimum Gasteiger partial charge on any atom is -0.391 e. The van der Waals surface area contributed by atoms with Crippen molar-refractivity contribution in [1.82, 2.24) is 0 Å². The van der Waals surface area contributed by atoms with Crippen LogP contribution in [0.4, 0.5) is 0 Å². The standard InChI is InChI=1S/C11H21NO2/c1-4-5-6-7-11(8-12)14-10(3)9(2)13/h9-11,13H,4-7H2,1-3H3. The van der Waals surface area contributed by atoms with Gasteiger partial charge in [-0.05, 0) is 26.7 Å². The third kappa shape index (κ3) is 5.95. The molecular formula is C11H21NO2. The average Bonchev–Trinajstić information content (AvgIpc) is 2.16. The molecule has 0 saturated heterocycles. The fourth-order valence-electron chi connectivity index (χ4n) is 1.12. The summed E-state index contributed by atoms with van der Waals surface area (Å²) in [6, 6.07) is 2.11. The fraction of sp³-hybridized carbons (Fsp3) is 0.909. The zero-order valence-electron chi connectivity index (χ0n) is 9.36. The largest absolute Gasteiger partial charge is 0.391 e. The Labute approximate surface area is 86.7 Å². The maximum Gasteiger partial charge on any atom is 0.144 e. The minimum atomic E-state index is -0.517. The molecule has 0 spiro atoms. The van der Waals surface area contributed by atoms with Crippen molar-refractivity contribution in [3.63, 3.8) is 0 Å². The summed E-state index contributed by atoms with van der Waals surface area (Å²) >= 11 is 0. The molecule has 82 valence electrons. The molecule has 0 fully saturated rings. The SMILES string of the molecule is CCCCCC(C#N)OC(C)C(C)O. The van der Waals surface area contributed by atoms with E-state index in [4.69, 9.17) is 10.00 Å². The van der Waals surface area contributed by atoms with Gasteiger partial charge in [0, 0.05) is 0 Å². The summed E-state index contributed by atoms with van der Waals surface area (Å²) in [5.41, 5.74) is 0. The Hall–Kier alpha value is -0.590. The molecule has 0 aromatic carbocycles. The molecular weight excluding hydrogens is 178 g/mol. The maximum absolute atomic E-state index is 9.20. The van der Waals surface area contributed by atoms with Crippen molar-refractivity contribution < 1.29 is 9.84 Å². The van der Waals surface area contributed by atoms with Crippen LogP contribution >= 0.6 is 0 Å². The number of aliphatic hydroxyl groups excluding tert-OH is 1. The van der Waals surface area contributed by atoms with Gasteiger partial charge in [-0.3, -0.25) is 0 Å². The van der Waals surface area contributed by atoms with E-state index in [1.165, 1.54) is 0 Å². The van der Waals surface area contributed by atoms with Gasteiger partial charge < -0.3 is 9.84 Å². The minimum absolute atomic E-state index is 0.263. The molecule has 0 aliphatic heterocycles. The summed E-state index contributed by atoms with van der Waals surface area (Å²) in [6.45, 7) is 5.58. The first kappa shape index (κ1) is 13.4. The summed E-state index contributed by atoms with van der Waals surface area (Å²) in [4.78, 5) is 0. The van der Waals surface area contributed by atoms with Crippen LogP contribution in [0, 0.1) is 11.3 Å². The molecule has 3 unspecified atom stereocenters. The van der Waals surface area contributed by atoms with E-state index in [9.17, 15) is 5.11 Å². The van der Waals surface area contributed by atoms with E-state index in [0.29, 0.717) is 0 Å². The molecule has 3 atom stereocenters. The van der Waals surface area contributed by atoms with Gasteiger partial charge in [0.05, 0.1) is 18.3 Å². The second kappa shape index (κ2) is 7.78. The molecule has 1 N–H and O–H groups in total. The smallest absolute Gasteiger partial charge is 0.144 e. The van der Waals surface area contributed by atoms with Crippen LogP contribution in [0.15, 0.2) is 0 Å². The molecule has 0 aliphatic carbocycles. The van der Waals surface area contributed by atoms with Gasteiger partial charge in [-0.15, -0.1) is 0 Å². The van der Waals surface area contributed by atoms with Crippen molar-refractivity contribution in [2.45, 2.75) is 64.8 Å². The van der Waals surface area contributed by atoms with E-state index in [1.807, 2.05) is 0 Å². The van der Waals surface area contributed by atoms with Crippen molar-refractivity contribution in [2.24, 2.45) is 0 Å². The molecule has 0 amide bonds. The highest BCUT2D eigenvalue weighted by molar-refractivity contribution is 4.85. The topological polar surface area (TPSA) is 53.2 Å². The number of rotatable bonds is 7. The van der Waals surface area contributed by atoms with Gasteiger partial charge in [-0.2, -0.15) is 5.26 Å². The Balaban J connectivity index is 3.74. The van der Waals surface area contributed by atoms with E-state index < -0.39 is 6.10 Å². The molecule has 0 aliphatic rings. The first-order valence-electron chi connectivity index (χ1n) is 5.35. The van der Waals surface area contributed by atoms with Crippen molar-refractivity contribution in [3.8, 4) is 6.07 Å². The Kier molecular flexibility index (Phi) is 7.45. The molecule has 14 heavy (non-hydrogen) atoms. The van der Waals surface area contributed by atoms with E-state index >= 15 is 0 Å². The lowest BCUT2D eigenvalue weighted by atomic mass is 10.1. The number of unbranched alkanes of at least 4 members (excludes halogenated alkanes) is 2. The summed E-state index contributed by atoms with van der Waals surface area (Å²) in [5.74, 6) is 0. The average molecular weight is 199 g/mol. The van der Waals surface area contributed by atoms with E-state index in [-0.39, 0.29) is 12.2 Å². The van der Waals surface area contributed by atoms with Crippen molar-refractivity contribution in [3.05, 3.63) is 0 Å². The first-order chi connectivity index (χ1) is 6.61. The summed E-state index contributed by atoms with van der Waals surface area (Å²) < 4.78 is 5.40. The predicted octanol–water partition coefficient (Wildman–Crippen LogP) is 2.24. The van der Waals surface area contributed by atoms with Crippen molar-refractivity contribution >= 4 is 0 Å². The maximum atomic E-state index is 9.20. The highest BCUT2D eigenvalue weighted by atomic mass is 16.5. The lowest BCUT2D eigenvalue weighted by Crippen LogP contribution is -2.27. The van der Waals surface area contributed by atoms with Gasteiger partial charge in [0.25, 0.3) is 0 Å². The zero-order valence-corrected chi connectivity index (χ0v) is 9.36. The molecule has 0 radical (unpaired) electrons. The Morgan fingerprint density at radius 3 is 2.43 bits per heavy atom. The molecule has 0 saturated carbocycles. The number of ether oxygens (including phenoxy) is 1. The number of hydrogen-bond acceptors (Lipinski definition) is 3. The van der Waals surface area contributed by atoms with E-state index in [2.05, 4.69) is 13.0 Å². The Bertz CT molecular complexity index is 175. The molecule has 0 aromatic heterocycles. The molecule has 3 nitrogen and oxygen atoms in total. The van der Waals surface area contributed by atoms with E-state index in [0.717, 1.165) is 25.7 Å². The predicted molar refractivity (Wildman–Crippen MR) is 55.8 cm³/mol. The molecule has 0 rings (SSSR count). The second-order valence-electron chi connectivity index (χ2n) is 3.70. The third-order valence-corrected chi connectivity index (χ3v) is 2.27. The van der Waals surface area contributed by atoms with Gasteiger partial charge in [0.15, 0.2) is 0 Å². The summed E-state index contributed by atoms with van der Waals surface area (Å²) in [7, 11) is 0. The molecule has 0 aromatic rings. The quantitative estimate of drug-likeness (QED) is 0.640. The monoisotopic (exact) mass is 199 g/mol. The van der Waals surface area contributed by atoms with Gasteiger partial charge in [0.1, 0.15) is 6.10 Å². The van der Waals surface area contributed by atoms with Crippen molar-refractivity contribution in [2.75, 3.05) is 0 Å². The van der Waals surface area contributed by atoms with Crippen LogP contribution < -0.4 is 0 Å². The van der Waals surface area contributed by atoms with Gasteiger partial charge in [-0.25, -0.2) is 0 Å². The molecule has 3 heteroatoms. The lowest BCUT2D eigenvalue weighted by molar-refractivity contribution is -0.0442. The number of aliphatic hydroxyl groups is 1. The van der Waals surface area contributed by atoms with Crippen LogP contribution in [0.1, 0.15) is 46.5 Å². The summed E-state index contributed by atoms with van der Waals surface area (Å²) in [6.07, 6.45) is 2.90. The third-order valence-electron chi connectivity index (χ3n) is 2.27. The van der Waals surface area contributed by atoms with Crippen LogP contribution in [-0.4, -0.2) is 23.4 Å².